The minimum absolute atomic E-state index is 0.0574. The van der Waals surface area contributed by atoms with Crippen LogP contribution in [0.5, 0.6) is 5.75 Å². The number of amides is 1. The monoisotopic (exact) mass is 342 g/mol. The Morgan fingerprint density at radius 3 is 2.46 bits per heavy atom. The number of hydrogen-bond acceptors (Lipinski definition) is 3. The van der Waals surface area contributed by atoms with E-state index in [0.29, 0.717) is 18.6 Å². The predicted octanol–water partition coefficient (Wildman–Crippen LogP) is 3.92. The van der Waals surface area contributed by atoms with E-state index in [2.05, 4.69) is 10.6 Å². The molecule has 24 heavy (non-hydrogen) atoms. The van der Waals surface area contributed by atoms with Crippen LogP contribution in [-0.4, -0.2) is 17.1 Å². The summed E-state index contributed by atoms with van der Waals surface area (Å²) in [6.07, 6.45) is 1.13. The highest BCUT2D eigenvalue weighted by Crippen LogP contribution is 2.24. The number of thiocarbonyl (C=S) groups is 1. The molecule has 0 atom stereocenters. The zero-order valence-electron chi connectivity index (χ0n) is 13.9. The maximum atomic E-state index is 12.0. The third-order valence-electron chi connectivity index (χ3n) is 3.23. The van der Waals surface area contributed by atoms with Crippen molar-refractivity contribution >= 4 is 28.9 Å². The Kier molecular flexibility index (Phi) is 6.75. The molecule has 2 N–H and O–H groups in total. The van der Waals surface area contributed by atoms with Crippen LogP contribution in [0.3, 0.4) is 0 Å². The molecule has 0 aliphatic carbocycles. The molecular formula is C19H22N2O2S. The molecule has 1 amide bonds. The van der Waals surface area contributed by atoms with Crippen molar-refractivity contribution in [2.45, 2.75) is 32.8 Å². The molecular weight excluding hydrogens is 320 g/mol. The minimum atomic E-state index is -0.112. The van der Waals surface area contributed by atoms with Crippen LogP contribution in [-0.2, 0) is 11.2 Å². The van der Waals surface area contributed by atoms with Crippen molar-refractivity contribution in [2.24, 2.45) is 0 Å². The van der Waals surface area contributed by atoms with Gasteiger partial charge in [-0.1, -0.05) is 42.5 Å². The Labute approximate surface area is 148 Å². The van der Waals surface area contributed by atoms with Crippen molar-refractivity contribution in [3.63, 3.8) is 0 Å². The Bertz CT molecular complexity index is 687. The number of nitrogens with one attached hydrogen (secondary N) is 2. The van der Waals surface area contributed by atoms with Crippen LogP contribution in [0.4, 0.5) is 5.69 Å². The molecule has 0 bridgehead atoms. The Morgan fingerprint density at radius 1 is 1.08 bits per heavy atom. The Balaban J connectivity index is 1.85. The van der Waals surface area contributed by atoms with Gasteiger partial charge in [-0.25, -0.2) is 0 Å². The molecule has 0 fully saturated rings. The van der Waals surface area contributed by atoms with Gasteiger partial charge in [-0.05, 0) is 50.2 Å². The second-order valence-corrected chi connectivity index (χ2v) is 6.06. The quantitative estimate of drug-likeness (QED) is 0.781. The van der Waals surface area contributed by atoms with Crippen LogP contribution in [0.1, 0.15) is 25.8 Å². The van der Waals surface area contributed by atoms with E-state index in [1.807, 2.05) is 68.4 Å². The Morgan fingerprint density at radius 2 is 1.75 bits per heavy atom. The average molecular weight is 342 g/mol. The predicted molar refractivity (Wildman–Crippen MR) is 101 cm³/mol. The minimum Gasteiger partial charge on any atom is -0.489 e. The molecule has 0 aliphatic rings. The van der Waals surface area contributed by atoms with Gasteiger partial charge in [0, 0.05) is 6.42 Å². The second-order valence-electron chi connectivity index (χ2n) is 5.65. The van der Waals surface area contributed by atoms with Gasteiger partial charge in [-0.2, -0.15) is 0 Å². The first-order chi connectivity index (χ1) is 11.5. The van der Waals surface area contributed by atoms with Crippen molar-refractivity contribution < 1.29 is 9.53 Å². The summed E-state index contributed by atoms with van der Waals surface area (Å²) in [7, 11) is 0. The normalized spacial score (nSPS) is 10.3. The molecule has 0 saturated carbocycles. The summed E-state index contributed by atoms with van der Waals surface area (Å²) in [4.78, 5) is 12.0. The zero-order chi connectivity index (χ0) is 17.4. The van der Waals surface area contributed by atoms with Crippen LogP contribution in [0.15, 0.2) is 54.6 Å². The fraction of sp³-hybridized carbons (Fsp3) is 0.263. The molecule has 0 radical (unpaired) electrons. The first-order valence-electron chi connectivity index (χ1n) is 7.95. The standard InChI is InChI=1S/C19H22N2O2S/c1-14(2)23-17-11-7-6-10-16(17)20-19(24)21-18(22)13-12-15-8-4-3-5-9-15/h3-11,14H,12-13H2,1-2H3,(H2,20,21,22,24). The van der Waals surface area contributed by atoms with Crippen LogP contribution in [0, 0.1) is 0 Å². The molecule has 2 aromatic carbocycles. The lowest BCUT2D eigenvalue weighted by atomic mass is 10.1. The molecule has 0 aromatic heterocycles. The van der Waals surface area contributed by atoms with Gasteiger partial charge in [-0.15, -0.1) is 0 Å². The topological polar surface area (TPSA) is 50.4 Å². The molecule has 5 heteroatoms. The van der Waals surface area contributed by atoms with E-state index < -0.39 is 0 Å². The fourth-order valence-corrected chi connectivity index (χ4v) is 2.40. The van der Waals surface area contributed by atoms with E-state index >= 15 is 0 Å². The van der Waals surface area contributed by atoms with Gasteiger partial charge in [0.15, 0.2) is 5.11 Å². The number of carbonyl (C=O) groups excluding carboxylic acids is 1. The lowest BCUT2D eigenvalue weighted by Crippen LogP contribution is -2.34. The first kappa shape index (κ1) is 17.9. The average Bonchev–Trinajstić information content (AvgIpc) is 2.55. The van der Waals surface area contributed by atoms with Crippen LogP contribution >= 0.6 is 12.2 Å². The van der Waals surface area contributed by atoms with Crippen LogP contribution in [0.2, 0.25) is 0 Å². The molecule has 0 spiro atoms. The van der Waals surface area contributed by atoms with Gasteiger partial charge in [0.1, 0.15) is 5.75 Å². The van der Waals surface area contributed by atoms with E-state index in [4.69, 9.17) is 17.0 Å². The summed E-state index contributed by atoms with van der Waals surface area (Å²) in [5.74, 6) is 0.590. The lowest BCUT2D eigenvalue weighted by Gasteiger charge is -2.16. The zero-order valence-corrected chi connectivity index (χ0v) is 14.7. The summed E-state index contributed by atoms with van der Waals surface area (Å²) >= 11 is 5.22. The van der Waals surface area contributed by atoms with Gasteiger partial charge in [0.05, 0.1) is 11.8 Å². The summed E-state index contributed by atoms with van der Waals surface area (Å²) in [5, 5.41) is 6.00. The highest BCUT2D eigenvalue weighted by Gasteiger charge is 2.09. The van der Waals surface area contributed by atoms with Crippen LogP contribution in [0.25, 0.3) is 0 Å². The molecule has 4 nitrogen and oxygen atoms in total. The number of benzene rings is 2. The van der Waals surface area contributed by atoms with Crippen molar-refractivity contribution in [2.75, 3.05) is 5.32 Å². The largest absolute Gasteiger partial charge is 0.489 e. The second kappa shape index (κ2) is 9.03. The third-order valence-corrected chi connectivity index (χ3v) is 3.44. The number of rotatable bonds is 6. The van der Waals surface area contributed by atoms with E-state index in [1.165, 1.54) is 0 Å². The smallest absolute Gasteiger partial charge is 0.226 e. The SMILES string of the molecule is CC(C)Oc1ccccc1NC(=S)NC(=O)CCc1ccccc1. The van der Waals surface area contributed by atoms with Gasteiger partial charge < -0.3 is 15.4 Å². The molecule has 0 unspecified atom stereocenters. The maximum absolute atomic E-state index is 12.0. The number of para-hydroxylation sites is 2. The van der Waals surface area contributed by atoms with Crippen molar-refractivity contribution in [3.05, 3.63) is 60.2 Å². The fourth-order valence-electron chi connectivity index (χ4n) is 2.17. The molecule has 0 saturated heterocycles. The van der Waals surface area contributed by atoms with Gasteiger partial charge in [-0.3, -0.25) is 4.79 Å². The third kappa shape index (κ3) is 6.01. The first-order valence-corrected chi connectivity index (χ1v) is 8.36. The number of carbonyl (C=O) groups is 1. The summed E-state index contributed by atoms with van der Waals surface area (Å²) in [5.41, 5.74) is 1.86. The maximum Gasteiger partial charge on any atom is 0.226 e. The molecule has 2 rings (SSSR count). The van der Waals surface area contributed by atoms with Crippen molar-refractivity contribution in [1.82, 2.24) is 5.32 Å². The number of aryl methyl sites for hydroxylation is 1. The highest BCUT2D eigenvalue weighted by molar-refractivity contribution is 7.80. The molecule has 2 aromatic rings. The molecule has 126 valence electrons. The van der Waals surface area contributed by atoms with Crippen LogP contribution < -0.4 is 15.4 Å². The van der Waals surface area contributed by atoms with Gasteiger partial charge in [0.25, 0.3) is 0 Å². The summed E-state index contributed by atoms with van der Waals surface area (Å²) in [6, 6.07) is 17.4. The van der Waals surface area contributed by atoms with Gasteiger partial charge in [0.2, 0.25) is 5.91 Å². The number of hydrogen-bond donors (Lipinski definition) is 2. The van der Waals surface area contributed by atoms with E-state index in [0.717, 1.165) is 11.3 Å². The van der Waals surface area contributed by atoms with E-state index in [1.54, 1.807) is 0 Å². The Hall–Kier alpha value is -2.40. The van der Waals surface area contributed by atoms with Crippen molar-refractivity contribution in [3.8, 4) is 5.75 Å². The lowest BCUT2D eigenvalue weighted by molar-refractivity contribution is -0.119. The summed E-state index contributed by atoms with van der Waals surface area (Å²) < 4.78 is 5.72. The van der Waals surface area contributed by atoms with Gasteiger partial charge >= 0.3 is 0 Å². The number of anilines is 1. The molecule has 0 heterocycles. The highest BCUT2D eigenvalue weighted by atomic mass is 32.1. The van der Waals surface area contributed by atoms with E-state index in [9.17, 15) is 4.79 Å². The molecule has 0 aliphatic heterocycles. The van der Waals surface area contributed by atoms with Crippen molar-refractivity contribution in [1.29, 1.82) is 0 Å². The number of ether oxygens (including phenoxy) is 1. The van der Waals surface area contributed by atoms with E-state index in [-0.39, 0.29) is 17.1 Å². The summed E-state index contributed by atoms with van der Waals surface area (Å²) in [6.45, 7) is 3.92.